The molecule has 0 N–H and O–H groups in total. The molecule has 0 radical (unpaired) electrons. The normalized spacial score (nSPS) is 18.9. The number of benzene rings is 1. The lowest BCUT2D eigenvalue weighted by Crippen LogP contribution is -2.46. The van der Waals surface area contributed by atoms with Gasteiger partial charge in [0, 0.05) is 32.3 Å². The van der Waals surface area contributed by atoms with Crippen molar-refractivity contribution in [2.45, 2.75) is 31.8 Å². The lowest BCUT2D eigenvalue weighted by molar-refractivity contribution is -0.384. The molecule has 0 aromatic heterocycles. The van der Waals surface area contributed by atoms with Gasteiger partial charge in [-0.05, 0) is 31.7 Å². The first-order valence-electron chi connectivity index (χ1n) is 9.57. The van der Waals surface area contributed by atoms with Crippen LogP contribution in [0, 0.1) is 10.1 Å². The molecule has 1 aromatic rings. The number of likely N-dealkylation sites (tertiary alicyclic amines) is 1. The highest BCUT2D eigenvalue weighted by Gasteiger charge is 2.27. The van der Waals surface area contributed by atoms with Gasteiger partial charge in [0.2, 0.25) is 5.91 Å². The fourth-order valence-corrected chi connectivity index (χ4v) is 3.44. The van der Waals surface area contributed by atoms with E-state index >= 15 is 0 Å². The summed E-state index contributed by atoms with van der Waals surface area (Å²) >= 11 is 0. The Balaban J connectivity index is 1.60. The van der Waals surface area contributed by atoms with Gasteiger partial charge in [-0.1, -0.05) is 6.07 Å². The number of rotatable bonds is 8. The maximum Gasteiger partial charge on any atom is 0.273 e. The Morgan fingerprint density at radius 2 is 2.07 bits per heavy atom. The minimum Gasteiger partial charge on any atom is -0.484 e. The maximum absolute atomic E-state index is 12.7. The van der Waals surface area contributed by atoms with Crippen molar-refractivity contribution in [2.75, 3.05) is 39.4 Å². The lowest BCUT2D eigenvalue weighted by Gasteiger charge is -2.27. The molecular weight excluding hydrogens is 366 g/mol. The molecule has 0 aliphatic carbocycles. The van der Waals surface area contributed by atoms with Crippen LogP contribution in [0.3, 0.4) is 0 Å². The van der Waals surface area contributed by atoms with Gasteiger partial charge in [-0.3, -0.25) is 19.7 Å². The van der Waals surface area contributed by atoms with Gasteiger partial charge in [-0.25, -0.2) is 0 Å². The highest BCUT2D eigenvalue weighted by Crippen LogP contribution is 2.19. The number of nitro groups is 1. The van der Waals surface area contributed by atoms with Crippen molar-refractivity contribution in [2.24, 2.45) is 0 Å². The second kappa shape index (κ2) is 9.50. The first-order chi connectivity index (χ1) is 13.5. The Hall–Kier alpha value is -2.68. The number of hydrogen-bond donors (Lipinski definition) is 0. The number of amides is 2. The number of hydrogen-bond acceptors (Lipinski definition) is 6. The fourth-order valence-electron chi connectivity index (χ4n) is 3.44. The monoisotopic (exact) mass is 391 g/mol. The van der Waals surface area contributed by atoms with E-state index in [1.165, 1.54) is 23.1 Å². The largest absolute Gasteiger partial charge is 0.484 e. The van der Waals surface area contributed by atoms with Gasteiger partial charge in [0.05, 0.1) is 23.6 Å². The van der Waals surface area contributed by atoms with E-state index in [9.17, 15) is 19.7 Å². The summed E-state index contributed by atoms with van der Waals surface area (Å²) in [6.07, 6.45) is 3.70. The number of carbonyl (C=O) groups excluding carboxylic acids is 2. The number of ether oxygens (including phenoxy) is 2. The molecule has 0 bridgehead atoms. The van der Waals surface area contributed by atoms with Crippen LogP contribution >= 0.6 is 0 Å². The molecule has 152 valence electrons. The van der Waals surface area contributed by atoms with Crippen LogP contribution in [0.4, 0.5) is 5.69 Å². The smallest absolute Gasteiger partial charge is 0.273 e. The molecule has 9 nitrogen and oxygen atoms in total. The van der Waals surface area contributed by atoms with Gasteiger partial charge in [-0.15, -0.1) is 0 Å². The molecule has 2 amide bonds. The molecule has 2 fully saturated rings. The Morgan fingerprint density at radius 1 is 1.29 bits per heavy atom. The SMILES string of the molecule is O=C(CN(C[C@@H]1CCCO1)C(=O)COc1cccc([N+](=O)[O-])c1)N1CCCC1. The molecule has 3 rings (SSSR count). The van der Waals surface area contributed by atoms with Gasteiger partial charge in [0.25, 0.3) is 11.6 Å². The fraction of sp³-hybridized carbons (Fsp3) is 0.579. The van der Waals surface area contributed by atoms with Crippen LogP contribution in [0.5, 0.6) is 5.75 Å². The third-order valence-electron chi connectivity index (χ3n) is 4.98. The first kappa shape index (κ1) is 20.1. The molecule has 0 spiro atoms. The lowest BCUT2D eigenvalue weighted by atomic mass is 10.2. The van der Waals surface area contributed by atoms with Crippen molar-refractivity contribution in [3.8, 4) is 5.75 Å². The van der Waals surface area contributed by atoms with E-state index in [1.54, 1.807) is 11.0 Å². The Morgan fingerprint density at radius 3 is 2.75 bits per heavy atom. The molecule has 2 saturated heterocycles. The van der Waals surface area contributed by atoms with E-state index < -0.39 is 4.92 Å². The summed E-state index contributed by atoms with van der Waals surface area (Å²) in [5, 5.41) is 10.9. The van der Waals surface area contributed by atoms with E-state index in [4.69, 9.17) is 9.47 Å². The zero-order valence-corrected chi connectivity index (χ0v) is 15.7. The number of nitrogens with zero attached hydrogens (tertiary/aromatic N) is 3. The predicted octanol–water partition coefficient (Wildman–Crippen LogP) is 1.60. The molecular formula is C19H25N3O6. The zero-order valence-electron chi connectivity index (χ0n) is 15.7. The summed E-state index contributed by atoms with van der Waals surface area (Å²) < 4.78 is 11.1. The summed E-state index contributed by atoms with van der Waals surface area (Å²) in [6.45, 7) is 2.17. The molecule has 1 aromatic carbocycles. The average molecular weight is 391 g/mol. The van der Waals surface area contributed by atoms with E-state index in [2.05, 4.69) is 0 Å². The van der Waals surface area contributed by atoms with Crippen LogP contribution in [-0.4, -0.2) is 72.0 Å². The Kier molecular flexibility index (Phi) is 6.80. The van der Waals surface area contributed by atoms with Crippen LogP contribution in [0.15, 0.2) is 24.3 Å². The van der Waals surface area contributed by atoms with Crippen molar-refractivity contribution in [1.29, 1.82) is 0 Å². The molecule has 2 heterocycles. The van der Waals surface area contributed by atoms with E-state index in [0.29, 0.717) is 13.2 Å². The Bertz CT molecular complexity index is 713. The van der Waals surface area contributed by atoms with Gasteiger partial charge < -0.3 is 19.3 Å². The quantitative estimate of drug-likeness (QED) is 0.493. The third-order valence-corrected chi connectivity index (χ3v) is 4.98. The standard InChI is InChI=1S/C19H25N3O6/c23-18(20-8-1-2-9-20)13-21(12-17-7-4-10-27-17)19(24)14-28-16-6-3-5-15(11-16)22(25)26/h3,5-6,11,17H,1-2,4,7-10,12-14H2/t17-/m0/s1. The summed E-state index contributed by atoms with van der Waals surface area (Å²) in [5.74, 6) is -0.167. The van der Waals surface area contributed by atoms with Crippen LogP contribution < -0.4 is 4.74 Å². The highest BCUT2D eigenvalue weighted by atomic mass is 16.6. The summed E-state index contributed by atoms with van der Waals surface area (Å²) in [4.78, 5) is 38.8. The summed E-state index contributed by atoms with van der Waals surface area (Å²) in [7, 11) is 0. The van der Waals surface area contributed by atoms with E-state index in [-0.39, 0.29) is 42.5 Å². The zero-order chi connectivity index (χ0) is 19.9. The highest BCUT2D eigenvalue weighted by molar-refractivity contribution is 5.85. The molecule has 1 atom stereocenters. The minimum atomic E-state index is -0.521. The van der Waals surface area contributed by atoms with Crippen molar-refractivity contribution in [3.63, 3.8) is 0 Å². The second-order valence-electron chi connectivity index (χ2n) is 7.04. The van der Waals surface area contributed by atoms with Crippen LogP contribution in [0.2, 0.25) is 0 Å². The second-order valence-corrected chi connectivity index (χ2v) is 7.04. The number of nitro benzene ring substituents is 1. The maximum atomic E-state index is 12.7. The topological polar surface area (TPSA) is 102 Å². The molecule has 0 saturated carbocycles. The van der Waals surface area contributed by atoms with Crippen LogP contribution in [0.1, 0.15) is 25.7 Å². The molecule has 0 unspecified atom stereocenters. The van der Waals surface area contributed by atoms with Crippen molar-refractivity contribution < 1.29 is 24.0 Å². The van der Waals surface area contributed by atoms with Crippen molar-refractivity contribution in [1.82, 2.24) is 9.80 Å². The van der Waals surface area contributed by atoms with Crippen LogP contribution in [0.25, 0.3) is 0 Å². The molecule has 2 aliphatic heterocycles. The van der Waals surface area contributed by atoms with Crippen molar-refractivity contribution in [3.05, 3.63) is 34.4 Å². The molecule has 2 aliphatic rings. The summed E-state index contributed by atoms with van der Waals surface area (Å²) in [5.41, 5.74) is -0.106. The minimum absolute atomic E-state index is 0.00299. The van der Waals surface area contributed by atoms with Gasteiger partial charge in [-0.2, -0.15) is 0 Å². The average Bonchev–Trinajstić information content (AvgIpc) is 3.39. The van der Waals surface area contributed by atoms with Gasteiger partial charge in [0.15, 0.2) is 6.61 Å². The number of carbonyl (C=O) groups is 2. The predicted molar refractivity (Wildman–Crippen MR) is 100.0 cm³/mol. The van der Waals surface area contributed by atoms with Crippen LogP contribution in [-0.2, 0) is 14.3 Å². The van der Waals surface area contributed by atoms with Gasteiger partial charge in [0.1, 0.15) is 5.75 Å². The van der Waals surface area contributed by atoms with Gasteiger partial charge >= 0.3 is 0 Å². The van der Waals surface area contributed by atoms with E-state index in [0.717, 1.165) is 38.8 Å². The number of non-ortho nitro benzene ring substituents is 1. The first-order valence-corrected chi connectivity index (χ1v) is 9.57. The van der Waals surface area contributed by atoms with E-state index in [1.807, 2.05) is 0 Å². The molecule has 9 heteroatoms. The van der Waals surface area contributed by atoms with Crippen molar-refractivity contribution >= 4 is 17.5 Å². The summed E-state index contributed by atoms with van der Waals surface area (Å²) in [6, 6.07) is 5.68. The Labute approximate surface area is 163 Å². The third kappa shape index (κ3) is 5.41. The molecule has 28 heavy (non-hydrogen) atoms.